The molecule has 2 atom stereocenters. The van der Waals surface area contributed by atoms with Gasteiger partial charge in [0, 0.05) is 12.8 Å². The van der Waals surface area contributed by atoms with Crippen LogP contribution in [-0.4, -0.2) is 42.8 Å². The summed E-state index contributed by atoms with van der Waals surface area (Å²) in [5.74, 6) is 4.16. The Labute approximate surface area is 200 Å². The van der Waals surface area contributed by atoms with Crippen LogP contribution in [0.25, 0.3) is 0 Å². The molecular formula is C25H35FN2O6. The Hall–Kier alpha value is -3.12. The molecule has 0 radical (unpaired) electrons. The summed E-state index contributed by atoms with van der Waals surface area (Å²) in [6.45, 7) is 7.17. The van der Waals surface area contributed by atoms with Crippen LogP contribution in [-0.2, 0) is 30.4 Å². The van der Waals surface area contributed by atoms with Crippen LogP contribution in [0.15, 0.2) is 18.2 Å². The lowest BCUT2D eigenvalue weighted by atomic mass is 10.0. The topological polar surface area (TPSA) is 117 Å². The van der Waals surface area contributed by atoms with Gasteiger partial charge in [-0.3, -0.25) is 9.59 Å². The van der Waals surface area contributed by atoms with Crippen LogP contribution in [0.4, 0.5) is 9.18 Å². The normalized spacial score (nSPS) is 12.6. The molecular weight excluding hydrogens is 443 g/mol. The van der Waals surface area contributed by atoms with Gasteiger partial charge in [-0.15, -0.1) is 0 Å². The minimum absolute atomic E-state index is 0.108. The van der Waals surface area contributed by atoms with Crippen LogP contribution in [0.1, 0.15) is 70.9 Å². The number of amides is 2. The predicted octanol–water partition coefficient (Wildman–Crippen LogP) is 3.58. The Morgan fingerprint density at radius 2 is 1.91 bits per heavy atom. The molecule has 34 heavy (non-hydrogen) atoms. The Morgan fingerprint density at radius 3 is 2.50 bits per heavy atom. The molecule has 0 aromatic heterocycles. The standard InChI is InChI=1S/C25H35FN2O6/c1-17(21(10-8-11-22(27)29)28-24(31)34-25(2,3)4)33-16-18-13-14-19(20(26)15-18)9-6-7-12-23(30)32-5/h13-15,17,21H,7-8,10-12,16H2,1-5H3,(H2,27,29)(H,28,31)/t17-,21+/m1/s1. The molecule has 8 nitrogen and oxygen atoms in total. The first-order valence-electron chi connectivity index (χ1n) is 11.1. The summed E-state index contributed by atoms with van der Waals surface area (Å²) in [5.41, 5.74) is 5.37. The third-order valence-electron chi connectivity index (χ3n) is 4.66. The van der Waals surface area contributed by atoms with Crippen molar-refractivity contribution in [1.82, 2.24) is 5.32 Å². The molecule has 0 saturated carbocycles. The van der Waals surface area contributed by atoms with Crippen LogP contribution in [0.5, 0.6) is 0 Å². The number of halogens is 1. The van der Waals surface area contributed by atoms with Gasteiger partial charge in [-0.05, 0) is 58.2 Å². The average molecular weight is 479 g/mol. The number of ether oxygens (including phenoxy) is 3. The lowest BCUT2D eigenvalue weighted by molar-refractivity contribution is -0.140. The fourth-order valence-electron chi connectivity index (χ4n) is 2.90. The second kappa shape index (κ2) is 14.2. The number of hydrogen-bond donors (Lipinski definition) is 2. The van der Waals surface area contributed by atoms with Crippen LogP contribution in [0.2, 0.25) is 0 Å². The summed E-state index contributed by atoms with van der Waals surface area (Å²) in [4.78, 5) is 34.4. The van der Waals surface area contributed by atoms with Gasteiger partial charge in [-0.1, -0.05) is 17.9 Å². The number of hydrogen-bond acceptors (Lipinski definition) is 6. The van der Waals surface area contributed by atoms with Crippen molar-refractivity contribution in [2.45, 2.75) is 84.2 Å². The van der Waals surface area contributed by atoms with Crippen molar-refractivity contribution < 1.29 is 33.0 Å². The van der Waals surface area contributed by atoms with E-state index in [9.17, 15) is 18.8 Å². The second-order valence-electron chi connectivity index (χ2n) is 8.82. The van der Waals surface area contributed by atoms with E-state index in [4.69, 9.17) is 15.2 Å². The molecule has 0 bridgehead atoms. The van der Waals surface area contributed by atoms with E-state index in [-0.39, 0.29) is 37.4 Å². The molecule has 0 fully saturated rings. The first-order valence-corrected chi connectivity index (χ1v) is 11.1. The molecule has 1 aromatic carbocycles. The van der Waals surface area contributed by atoms with E-state index in [0.717, 1.165) is 0 Å². The number of nitrogens with two attached hydrogens (primary N) is 1. The second-order valence-corrected chi connectivity index (χ2v) is 8.82. The maximum atomic E-state index is 14.4. The summed E-state index contributed by atoms with van der Waals surface area (Å²) in [6.07, 6.45) is 0.504. The lowest BCUT2D eigenvalue weighted by Crippen LogP contribution is -2.45. The first-order chi connectivity index (χ1) is 15.9. The Kier molecular flexibility index (Phi) is 12.1. The highest BCUT2D eigenvalue weighted by atomic mass is 19.1. The quantitative estimate of drug-likeness (QED) is 0.371. The Balaban J connectivity index is 2.73. The molecule has 0 aliphatic rings. The van der Waals surface area contributed by atoms with Crippen LogP contribution in [0.3, 0.4) is 0 Å². The predicted molar refractivity (Wildman–Crippen MR) is 125 cm³/mol. The zero-order valence-corrected chi connectivity index (χ0v) is 20.5. The molecule has 0 saturated heterocycles. The van der Waals surface area contributed by atoms with E-state index in [0.29, 0.717) is 18.4 Å². The Morgan fingerprint density at radius 1 is 1.21 bits per heavy atom. The van der Waals surface area contributed by atoms with E-state index in [2.05, 4.69) is 21.9 Å². The van der Waals surface area contributed by atoms with E-state index in [1.54, 1.807) is 39.8 Å². The lowest BCUT2D eigenvalue weighted by Gasteiger charge is -2.27. The van der Waals surface area contributed by atoms with Crippen LogP contribution in [0, 0.1) is 17.7 Å². The number of benzene rings is 1. The van der Waals surface area contributed by atoms with Crippen molar-refractivity contribution in [3.63, 3.8) is 0 Å². The molecule has 9 heteroatoms. The van der Waals surface area contributed by atoms with Gasteiger partial charge in [0.15, 0.2) is 0 Å². The van der Waals surface area contributed by atoms with Crippen molar-refractivity contribution in [2.75, 3.05) is 7.11 Å². The number of primary amides is 1. The maximum absolute atomic E-state index is 14.4. The molecule has 1 rings (SSSR count). The minimum Gasteiger partial charge on any atom is -0.469 e. The summed E-state index contributed by atoms with van der Waals surface area (Å²) >= 11 is 0. The Bertz CT molecular complexity index is 901. The van der Waals surface area contributed by atoms with Gasteiger partial charge in [0.2, 0.25) is 5.91 Å². The van der Waals surface area contributed by atoms with Crippen LogP contribution < -0.4 is 11.1 Å². The van der Waals surface area contributed by atoms with Crippen molar-refractivity contribution in [1.29, 1.82) is 0 Å². The van der Waals surface area contributed by atoms with Gasteiger partial charge in [-0.2, -0.15) is 0 Å². The number of esters is 1. The first kappa shape index (κ1) is 28.9. The number of carbonyl (C=O) groups excluding carboxylic acids is 3. The van der Waals surface area contributed by atoms with Gasteiger partial charge >= 0.3 is 12.1 Å². The largest absolute Gasteiger partial charge is 0.469 e. The summed E-state index contributed by atoms with van der Waals surface area (Å²) in [6, 6.07) is 4.15. The van der Waals surface area contributed by atoms with E-state index < -0.39 is 35.6 Å². The molecule has 0 spiro atoms. The average Bonchev–Trinajstić information content (AvgIpc) is 2.73. The molecule has 0 aliphatic carbocycles. The number of alkyl carbamates (subject to hydrolysis) is 1. The van der Waals surface area contributed by atoms with Gasteiger partial charge in [0.05, 0.1) is 37.8 Å². The summed E-state index contributed by atoms with van der Waals surface area (Å²) in [7, 11) is 1.30. The van der Waals surface area contributed by atoms with Gasteiger partial charge < -0.3 is 25.3 Å². The fraction of sp³-hybridized carbons (Fsp3) is 0.560. The zero-order valence-electron chi connectivity index (χ0n) is 20.5. The van der Waals surface area contributed by atoms with Crippen molar-refractivity contribution in [3.8, 4) is 11.8 Å². The molecule has 0 aliphatic heterocycles. The number of nitrogens with one attached hydrogen (secondary N) is 1. The molecule has 1 aromatic rings. The van der Waals surface area contributed by atoms with E-state index >= 15 is 0 Å². The third-order valence-corrected chi connectivity index (χ3v) is 4.66. The zero-order chi connectivity index (χ0) is 25.7. The fourth-order valence-corrected chi connectivity index (χ4v) is 2.90. The smallest absolute Gasteiger partial charge is 0.407 e. The van der Waals surface area contributed by atoms with Gasteiger partial charge in [0.1, 0.15) is 11.4 Å². The highest BCUT2D eigenvalue weighted by Gasteiger charge is 2.24. The molecule has 0 heterocycles. The number of carbonyl (C=O) groups is 3. The SMILES string of the molecule is COC(=O)CCC#Cc1ccc(CO[C@H](C)[C@H](CCCC(N)=O)NC(=O)OC(C)(C)C)cc1F. The van der Waals surface area contributed by atoms with Gasteiger partial charge in [-0.25, -0.2) is 9.18 Å². The molecule has 188 valence electrons. The van der Waals surface area contributed by atoms with E-state index in [1.807, 2.05) is 0 Å². The monoisotopic (exact) mass is 478 g/mol. The molecule has 2 amide bonds. The highest BCUT2D eigenvalue weighted by molar-refractivity contribution is 5.73. The number of methoxy groups -OCH3 is 1. The van der Waals surface area contributed by atoms with Crippen molar-refractivity contribution in [2.24, 2.45) is 5.73 Å². The van der Waals surface area contributed by atoms with Crippen molar-refractivity contribution in [3.05, 3.63) is 35.1 Å². The third kappa shape index (κ3) is 12.2. The minimum atomic E-state index is -0.659. The summed E-state index contributed by atoms with van der Waals surface area (Å²) in [5, 5.41) is 2.78. The maximum Gasteiger partial charge on any atom is 0.407 e. The molecule has 3 N–H and O–H groups in total. The summed E-state index contributed by atoms with van der Waals surface area (Å²) < 4.78 is 30.1. The van der Waals surface area contributed by atoms with Crippen LogP contribution >= 0.6 is 0 Å². The van der Waals surface area contributed by atoms with Crippen molar-refractivity contribution >= 4 is 18.0 Å². The number of rotatable bonds is 11. The highest BCUT2D eigenvalue weighted by Crippen LogP contribution is 2.15. The molecule has 0 unspecified atom stereocenters. The van der Waals surface area contributed by atoms with Gasteiger partial charge in [0.25, 0.3) is 0 Å². The van der Waals surface area contributed by atoms with E-state index in [1.165, 1.54) is 13.2 Å².